The second-order valence-electron chi connectivity index (χ2n) is 4.40. The molecule has 0 saturated heterocycles. The highest BCUT2D eigenvalue weighted by atomic mass is 19.4. The van der Waals surface area contributed by atoms with Gasteiger partial charge in [0, 0.05) is 11.1 Å². The van der Waals surface area contributed by atoms with Gasteiger partial charge in [-0.05, 0) is 12.1 Å². The van der Waals surface area contributed by atoms with Crippen molar-refractivity contribution in [1.29, 1.82) is 0 Å². The van der Waals surface area contributed by atoms with Gasteiger partial charge in [-0.15, -0.1) is 0 Å². The minimum absolute atomic E-state index is 0.312. The summed E-state index contributed by atoms with van der Waals surface area (Å²) in [5, 5.41) is 3.69. The lowest BCUT2D eigenvalue weighted by atomic mass is 10.0. The van der Waals surface area contributed by atoms with Crippen LogP contribution in [0.1, 0.15) is 11.1 Å². The zero-order valence-electron chi connectivity index (χ0n) is 11.1. The van der Waals surface area contributed by atoms with Gasteiger partial charge in [-0.1, -0.05) is 42.5 Å². The van der Waals surface area contributed by atoms with E-state index in [1.807, 2.05) is 0 Å². The molecule has 0 aliphatic heterocycles. The van der Waals surface area contributed by atoms with Crippen LogP contribution in [0.15, 0.2) is 59.7 Å². The largest absolute Gasteiger partial charge is 0.458 e. The van der Waals surface area contributed by atoms with E-state index in [9.17, 15) is 22.0 Å². The minimum Gasteiger partial charge on any atom is -0.279 e. The minimum atomic E-state index is -5.66. The lowest BCUT2D eigenvalue weighted by Gasteiger charge is -2.21. The van der Waals surface area contributed by atoms with Crippen LogP contribution in [-0.4, -0.2) is 12.4 Å². The van der Waals surface area contributed by atoms with Crippen molar-refractivity contribution in [3.8, 4) is 0 Å². The van der Waals surface area contributed by atoms with Crippen molar-refractivity contribution in [3.63, 3.8) is 0 Å². The van der Waals surface area contributed by atoms with E-state index < -0.39 is 17.7 Å². The van der Waals surface area contributed by atoms with Crippen LogP contribution in [0.5, 0.6) is 0 Å². The van der Waals surface area contributed by atoms with E-state index in [0.29, 0.717) is 5.69 Å². The SMILES string of the molecule is FC(F)(F)C(F)(F)c1ccccc1C=NNc1ccccc1. The number of nitrogens with zero attached hydrogens (tertiary/aromatic N) is 1. The summed E-state index contributed by atoms with van der Waals surface area (Å²) in [6.45, 7) is 0. The zero-order valence-corrected chi connectivity index (χ0v) is 11.1. The second kappa shape index (κ2) is 6.13. The predicted octanol–water partition coefficient (Wildman–Crippen LogP) is 4.79. The molecule has 1 N–H and O–H groups in total. The molecule has 0 amide bonds. The molecule has 2 aromatic carbocycles. The molecule has 2 aromatic rings. The summed E-state index contributed by atoms with van der Waals surface area (Å²) in [4.78, 5) is 0. The number of nitrogens with one attached hydrogen (secondary N) is 1. The molecule has 2 nitrogen and oxygen atoms in total. The van der Waals surface area contributed by atoms with Gasteiger partial charge in [-0.2, -0.15) is 27.1 Å². The molecule has 0 fully saturated rings. The van der Waals surface area contributed by atoms with Crippen molar-refractivity contribution in [2.45, 2.75) is 12.1 Å². The lowest BCUT2D eigenvalue weighted by Crippen LogP contribution is -2.34. The highest BCUT2D eigenvalue weighted by Crippen LogP contribution is 2.44. The monoisotopic (exact) mass is 314 g/mol. The Hall–Kier alpha value is -2.44. The molecule has 0 heterocycles. The van der Waals surface area contributed by atoms with Gasteiger partial charge in [-0.3, -0.25) is 5.43 Å². The normalized spacial score (nSPS) is 12.6. The summed E-state index contributed by atoms with van der Waals surface area (Å²) >= 11 is 0. The average Bonchev–Trinajstić information content (AvgIpc) is 2.47. The van der Waals surface area contributed by atoms with Gasteiger partial charge in [0.25, 0.3) is 0 Å². The third kappa shape index (κ3) is 3.41. The summed E-state index contributed by atoms with van der Waals surface area (Å²) in [6, 6.07) is 12.9. The first kappa shape index (κ1) is 15.9. The highest BCUT2D eigenvalue weighted by Gasteiger charge is 2.59. The van der Waals surface area contributed by atoms with Gasteiger partial charge in [0.05, 0.1) is 11.9 Å². The topological polar surface area (TPSA) is 24.4 Å². The number of benzene rings is 2. The van der Waals surface area contributed by atoms with Crippen molar-refractivity contribution in [3.05, 3.63) is 65.7 Å². The Kier molecular flexibility index (Phi) is 4.44. The summed E-state index contributed by atoms with van der Waals surface area (Å²) in [7, 11) is 0. The van der Waals surface area contributed by atoms with E-state index in [0.717, 1.165) is 24.4 Å². The highest BCUT2D eigenvalue weighted by molar-refractivity contribution is 5.82. The van der Waals surface area contributed by atoms with Crippen molar-refractivity contribution >= 4 is 11.9 Å². The first-order valence-electron chi connectivity index (χ1n) is 6.20. The number of hydrazone groups is 1. The fourth-order valence-electron chi connectivity index (χ4n) is 1.74. The third-order valence-electron chi connectivity index (χ3n) is 2.83. The quantitative estimate of drug-likeness (QED) is 0.490. The van der Waals surface area contributed by atoms with E-state index in [-0.39, 0.29) is 5.56 Å². The Bertz CT molecular complexity index is 650. The van der Waals surface area contributed by atoms with Crippen LogP contribution in [0.3, 0.4) is 0 Å². The van der Waals surface area contributed by atoms with Crippen LogP contribution in [-0.2, 0) is 5.92 Å². The Balaban J connectivity index is 2.26. The van der Waals surface area contributed by atoms with E-state index in [1.165, 1.54) is 6.07 Å². The van der Waals surface area contributed by atoms with Crippen molar-refractivity contribution in [1.82, 2.24) is 0 Å². The molecule has 0 bridgehead atoms. The molecule has 0 aliphatic carbocycles. The lowest BCUT2D eigenvalue weighted by molar-refractivity contribution is -0.289. The molecule has 0 atom stereocenters. The fourth-order valence-corrected chi connectivity index (χ4v) is 1.74. The van der Waals surface area contributed by atoms with Crippen molar-refractivity contribution in [2.75, 3.05) is 5.43 Å². The Labute approximate surface area is 123 Å². The van der Waals surface area contributed by atoms with Crippen molar-refractivity contribution in [2.24, 2.45) is 5.10 Å². The Morgan fingerprint density at radius 2 is 1.41 bits per heavy atom. The number of alkyl halides is 5. The molecule has 22 heavy (non-hydrogen) atoms. The van der Waals surface area contributed by atoms with Crippen LogP contribution < -0.4 is 5.43 Å². The molecular formula is C15H11F5N2. The maximum atomic E-state index is 13.5. The third-order valence-corrected chi connectivity index (χ3v) is 2.83. The summed E-state index contributed by atoms with van der Waals surface area (Å²) < 4.78 is 64.4. The van der Waals surface area contributed by atoms with Crippen LogP contribution in [0.25, 0.3) is 0 Å². The Morgan fingerprint density at radius 1 is 0.818 bits per heavy atom. The zero-order chi connectivity index (χ0) is 16.2. The molecule has 116 valence electrons. The first-order valence-corrected chi connectivity index (χ1v) is 6.20. The van der Waals surface area contributed by atoms with Crippen LogP contribution in [0.4, 0.5) is 27.6 Å². The molecule has 0 aliphatic rings. The fraction of sp³-hybridized carbons (Fsp3) is 0.133. The Morgan fingerprint density at radius 3 is 2.05 bits per heavy atom. The number of hydrogen-bond acceptors (Lipinski definition) is 2. The molecule has 0 unspecified atom stereocenters. The summed E-state index contributed by atoms with van der Waals surface area (Å²) in [5.74, 6) is -4.94. The number of rotatable bonds is 4. The number of para-hydroxylation sites is 1. The van der Waals surface area contributed by atoms with Crippen LogP contribution in [0, 0.1) is 0 Å². The first-order chi connectivity index (χ1) is 10.3. The van der Waals surface area contributed by atoms with Gasteiger partial charge in [0.15, 0.2) is 0 Å². The molecule has 0 aromatic heterocycles. The maximum Gasteiger partial charge on any atom is 0.458 e. The van der Waals surface area contributed by atoms with E-state index >= 15 is 0 Å². The van der Waals surface area contributed by atoms with Crippen molar-refractivity contribution < 1.29 is 22.0 Å². The standard InChI is InChI=1S/C15H11F5N2/c16-14(17,15(18,19)20)13-9-5-4-6-11(13)10-21-22-12-7-2-1-3-8-12/h1-10,22H. The van der Waals surface area contributed by atoms with Gasteiger partial charge >= 0.3 is 12.1 Å². The molecule has 2 rings (SSSR count). The molecule has 0 saturated carbocycles. The summed E-state index contributed by atoms with van der Waals surface area (Å²) in [5.41, 5.74) is 1.69. The molecule has 7 heteroatoms. The van der Waals surface area contributed by atoms with E-state index in [4.69, 9.17) is 0 Å². The van der Waals surface area contributed by atoms with Gasteiger partial charge in [0.1, 0.15) is 0 Å². The number of hydrogen-bond donors (Lipinski definition) is 1. The number of anilines is 1. The smallest absolute Gasteiger partial charge is 0.279 e. The van der Waals surface area contributed by atoms with Gasteiger partial charge < -0.3 is 0 Å². The molecular weight excluding hydrogens is 303 g/mol. The van der Waals surface area contributed by atoms with E-state index in [2.05, 4.69) is 10.5 Å². The molecule has 0 spiro atoms. The van der Waals surface area contributed by atoms with Gasteiger partial charge in [0.2, 0.25) is 0 Å². The van der Waals surface area contributed by atoms with Crippen LogP contribution in [0.2, 0.25) is 0 Å². The van der Waals surface area contributed by atoms with E-state index in [1.54, 1.807) is 30.3 Å². The van der Waals surface area contributed by atoms with Gasteiger partial charge in [-0.25, -0.2) is 0 Å². The molecule has 0 radical (unpaired) electrons. The second-order valence-corrected chi connectivity index (χ2v) is 4.40. The predicted molar refractivity (Wildman–Crippen MR) is 74.0 cm³/mol. The summed E-state index contributed by atoms with van der Waals surface area (Å²) in [6.07, 6.45) is -4.73. The maximum absolute atomic E-state index is 13.5. The van der Waals surface area contributed by atoms with Crippen LogP contribution >= 0.6 is 0 Å². The average molecular weight is 314 g/mol. The number of halogens is 5.